The zero-order valence-electron chi connectivity index (χ0n) is 19.8. The van der Waals surface area contributed by atoms with E-state index in [0.29, 0.717) is 35.9 Å². The Kier molecular flexibility index (Phi) is 8.53. The van der Waals surface area contributed by atoms with Crippen LogP contribution in [0.15, 0.2) is 54.9 Å². The number of anilines is 3. The number of rotatable bonds is 10. The Morgan fingerprint density at radius 2 is 2.00 bits per heavy atom. The maximum absolute atomic E-state index is 12.5. The van der Waals surface area contributed by atoms with E-state index in [1.807, 2.05) is 31.2 Å². The van der Waals surface area contributed by atoms with Crippen molar-refractivity contribution >= 4 is 40.0 Å². The third-order valence-corrected chi connectivity index (χ3v) is 4.89. The fourth-order valence-corrected chi connectivity index (χ4v) is 3.32. The number of likely N-dealkylation sites (N-methyl/N-ethyl adjacent to an activating group) is 1. The molecular weight excluding hydrogens is 434 g/mol. The lowest BCUT2D eigenvalue weighted by Gasteiger charge is -2.14. The first kappa shape index (κ1) is 24.7. The molecule has 0 radical (unpaired) electrons. The van der Waals surface area contributed by atoms with Crippen LogP contribution < -0.4 is 15.4 Å². The van der Waals surface area contributed by atoms with Crippen LogP contribution in [0.4, 0.5) is 17.2 Å². The number of aryl methyl sites for hydroxylation is 1. The first-order valence-electron chi connectivity index (χ1n) is 10.9. The SMILES string of the molecule is CCOC(=O)CN(C)CC=CC(=O)Nc1cc2c(Nc3cccc(C)c3)ncnc2cc1OC. The Bertz CT molecular complexity index is 1200. The van der Waals surface area contributed by atoms with E-state index in [4.69, 9.17) is 9.47 Å². The minimum absolute atomic E-state index is 0.148. The van der Waals surface area contributed by atoms with E-state index in [2.05, 4.69) is 20.6 Å². The number of esters is 1. The molecule has 9 heteroatoms. The number of methoxy groups -OCH3 is 1. The van der Waals surface area contributed by atoms with Gasteiger partial charge in [0.2, 0.25) is 5.91 Å². The van der Waals surface area contributed by atoms with Crippen LogP contribution in [0.2, 0.25) is 0 Å². The van der Waals surface area contributed by atoms with Gasteiger partial charge in [0.1, 0.15) is 17.9 Å². The smallest absolute Gasteiger partial charge is 0.320 e. The molecule has 1 aromatic heterocycles. The average Bonchev–Trinajstić information content (AvgIpc) is 2.79. The molecule has 0 aliphatic rings. The van der Waals surface area contributed by atoms with Gasteiger partial charge in [-0.3, -0.25) is 14.5 Å². The molecule has 3 rings (SSSR count). The van der Waals surface area contributed by atoms with E-state index >= 15 is 0 Å². The molecule has 1 heterocycles. The predicted molar refractivity (Wildman–Crippen MR) is 132 cm³/mol. The summed E-state index contributed by atoms with van der Waals surface area (Å²) in [4.78, 5) is 34.5. The van der Waals surface area contributed by atoms with Crippen molar-refractivity contribution in [3.63, 3.8) is 0 Å². The molecule has 0 saturated carbocycles. The molecule has 2 N–H and O–H groups in total. The van der Waals surface area contributed by atoms with Crippen molar-refractivity contribution in [2.75, 3.05) is 44.5 Å². The van der Waals surface area contributed by atoms with Gasteiger partial charge < -0.3 is 20.1 Å². The molecule has 0 aliphatic heterocycles. The van der Waals surface area contributed by atoms with Gasteiger partial charge in [0, 0.05) is 29.8 Å². The van der Waals surface area contributed by atoms with Crippen LogP contribution in [-0.4, -0.2) is 60.6 Å². The van der Waals surface area contributed by atoms with Crippen molar-refractivity contribution in [2.45, 2.75) is 13.8 Å². The molecule has 0 atom stereocenters. The van der Waals surface area contributed by atoms with Crippen molar-refractivity contribution < 1.29 is 19.1 Å². The summed E-state index contributed by atoms with van der Waals surface area (Å²) < 4.78 is 10.4. The molecule has 2 aromatic carbocycles. The Morgan fingerprint density at radius 1 is 1.18 bits per heavy atom. The van der Waals surface area contributed by atoms with Gasteiger partial charge in [0.05, 0.1) is 31.5 Å². The minimum atomic E-state index is -0.327. The number of nitrogens with zero attached hydrogens (tertiary/aromatic N) is 3. The Morgan fingerprint density at radius 3 is 2.74 bits per heavy atom. The van der Waals surface area contributed by atoms with E-state index in [1.54, 1.807) is 37.1 Å². The van der Waals surface area contributed by atoms with Gasteiger partial charge in [-0.15, -0.1) is 0 Å². The van der Waals surface area contributed by atoms with Gasteiger partial charge in [0.25, 0.3) is 0 Å². The van der Waals surface area contributed by atoms with Gasteiger partial charge in [0.15, 0.2) is 0 Å². The van der Waals surface area contributed by atoms with Gasteiger partial charge in [-0.05, 0) is 44.7 Å². The summed E-state index contributed by atoms with van der Waals surface area (Å²) in [5.74, 6) is 0.465. The van der Waals surface area contributed by atoms with Crippen LogP contribution in [0, 0.1) is 6.92 Å². The van der Waals surface area contributed by atoms with Gasteiger partial charge in [-0.25, -0.2) is 9.97 Å². The number of carbonyl (C=O) groups is 2. The van der Waals surface area contributed by atoms with Crippen molar-refractivity contribution in [1.29, 1.82) is 0 Å². The average molecular weight is 464 g/mol. The molecule has 0 aliphatic carbocycles. The summed E-state index contributed by atoms with van der Waals surface area (Å²) in [6, 6.07) is 11.5. The number of benzene rings is 2. The second kappa shape index (κ2) is 11.8. The van der Waals surface area contributed by atoms with Crippen LogP contribution in [0.25, 0.3) is 10.9 Å². The highest BCUT2D eigenvalue weighted by molar-refractivity contribution is 6.03. The number of amides is 1. The molecule has 0 spiro atoms. The summed E-state index contributed by atoms with van der Waals surface area (Å²) in [6.07, 6.45) is 4.57. The molecule has 0 fully saturated rings. The zero-order valence-corrected chi connectivity index (χ0v) is 19.8. The normalized spacial score (nSPS) is 11.1. The number of hydrogen-bond donors (Lipinski definition) is 2. The Balaban J connectivity index is 1.76. The van der Waals surface area contributed by atoms with E-state index in [-0.39, 0.29) is 18.4 Å². The molecular formula is C25H29N5O4. The number of aromatic nitrogens is 2. The number of fused-ring (bicyclic) bond motifs is 1. The lowest BCUT2D eigenvalue weighted by Crippen LogP contribution is -2.27. The lowest BCUT2D eigenvalue weighted by atomic mass is 10.1. The maximum atomic E-state index is 12.5. The van der Waals surface area contributed by atoms with E-state index in [9.17, 15) is 9.59 Å². The van der Waals surface area contributed by atoms with Crippen molar-refractivity contribution in [2.24, 2.45) is 0 Å². The number of carbonyl (C=O) groups excluding carboxylic acids is 2. The van der Waals surface area contributed by atoms with Crippen LogP contribution in [0.5, 0.6) is 5.75 Å². The van der Waals surface area contributed by atoms with Crippen LogP contribution in [-0.2, 0) is 14.3 Å². The summed E-state index contributed by atoms with van der Waals surface area (Å²) in [6.45, 7) is 4.68. The highest BCUT2D eigenvalue weighted by Crippen LogP contribution is 2.33. The number of nitrogens with one attached hydrogen (secondary N) is 2. The summed E-state index contributed by atoms with van der Waals surface area (Å²) in [7, 11) is 3.30. The summed E-state index contributed by atoms with van der Waals surface area (Å²) in [5.41, 5.74) is 3.19. The molecule has 34 heavy (non-hydrogen) atoms. The van der Waals surface area contributed by atoms with Crippen molar-refractivity contribution in [3.8, 4) is 5.75 Å². The Hall–Kier alpha value is -3.98. The van der Waals surface area contributed by atoms with Gasteiger partial charge in [-0.1, -0.05) is 18.2 Å². The lowest BCUT2D eigenvalue weighted by molar-refractivity contribution is -0.143. The van der Waals surface area contributed by atoms with E-state index < -0.39 is 0 Å². The first-order chi connectivity index (χ1) is 16.4. The second-order valence-corrected chi connectivity index (χ2v) is 7.68. The fraction of sp³-hybridized carbons (Fsp3) is 0.280. The quantitative estimate of drug-likeness (QED) is 0.347. The molecule has 3 aromatic rings. The third kappa shape index (κ3) is 6.76. The number of hydrogen-bond acceptors (Lipinski definition) is 8. The van der Waals surface area contributed by atoms with Crippen LogP contribution in [0.1, 0.15) is 12.5 Å². The van der Waals surface area contributed by atoms with Gasteiger partial charge >= 0.3 is 5.97 Å². The standard InChI is InChI=1S/C25H29N5O4/c1-5-34-24(32)15-30(3)11-7-10-23(31)29-21-13-19-20(14-22(21)33-4)26-16-27-25(19)28-18-9-6-8-17(2)12-18/h6-10,12-14,16H,5,11,15H2,1-4H3,(H,29,31)(H,26,27,28). The fourth-order valence-electron chi connectivity index (χ4n) is 3.32. The predicted octanol–water partition coefficient (Wildman–Crippen LogP) is 3.68. The molecule has 178 valence electrons. The third-order valence-electron chi connectivity index (χ3n) is 4.89. The maximum Gasteiger partial charge on any atom is 0.320 e. The number of ether oxygens (including phenoxy) is 2. The minimum Gasteiger partial charge on any atom is -0.494 e. The highest BCUT2D eigenvalue weighted by atomic mass is 16.5. The second-order valence-electron chi connectivity index (χ2n) is 7.68. The zero-order chi connectivity index (χ0) is 24.5. The van der Waals surface area contributed by atoms with Crippen LogP contribution >= 0.6 is 0 Å². The summed E-state index contributed by atoms with van der Waals surface area (Å²) in [5, 5.41) is 6.89. The molecule has 9 nitrogen and oxygen atoms in total. The van der Waals surface area contributed by atoms with E-state index in [1.165, 1.54) is 19.5 Å². The first-order valence-corrected chi connectivity index (χ1v) is 10.9. The Labute approximate surface area is 198 Å². The topological polar surface area (TPSA) is 106 Å². The summed E-state index contributed by atoms with van der Waals surface area (Å²) >= 11 is 0. The van der Waals surface area contributed by atoms with Crippen molar-refractivity contribution in [1.82, 2.24) is 14.9 Å². The molecule has 0 bridgehead atoms. The van der Waals surface area contributed by atoms with Crippen LogP contribution in [0.3, 0.4) is 0 Å². The monoisotopic (exact) mass is 463 g/mol. The van der Waals surface area contributed by atoms with E-state index in [0.717, 1.165) is 16.6 Å². The largest absolute Gasteiger partial charge is 0.494 e. The van der Waals surface area contributed by atoms with Crippen molar-refractivity contribution in [3.05, 3.63) is 60.4 Å². The molecule has 0 unspecified atom stereocenters. The van der Waals surface area contributed by atoms with Gasteiger partial charge in [-0.2, -0.15) is 0 Å². The molecule has 0 saturated heterocycles. The highest BCUT2D eigenvalue weighted by Gasteiger charge is 2.13. The molecule has 1 amide bonds.